The van der Waals surface area contributed by atoms with Crippen molar-refractivity contribution in [3.8, 4) is 5.69 Å². The van der Waals surface area contributed by atoms with E-state index in [4.69, 9.17) is 4.74 Å². The molecule has 0 saturated carbocycles. The molecule has 5 nitrogen and oxygen atoms in total. The van der Waals surface area contributed by atoms with E-state index in [1.54, 1.807) is 6.92 Å². The summed E-state index contributed by atoms with van der Waals surface area (Å²) < 4.78 is 7.15. The molecule has 1 aliphatic heterocycles. The van der Waals surface area contributed by atoms with E-state index in [-0.39, 0.29) is 11.4 Å². The number of ether oxygens (including phenoxy) is 1. The van der Waals surface area contributed by atoms with Crippen LogP contribution in [0.25, 0.3) is 11.8 Å². The Labute approximate surface area is 207 Å². The smallest absolute Gasteiger partial charge is 0.343 e. The number of hydrogen-bond donors (Lipinski definition) is 0. The van der Waals surface area contributed by atoms with E-state index in [1.807, 2.05) is 36.1 Å². The standard InChI is InChI=1S/C30H32N2O3/c1-17-9-11-25(13-19(17)3)31-21(5)15-24(22(31)6)16-27-29(33)28(30(34)35-8)23(7)32(27)26-12-10-18(2)20(4)14-26/h9-16H,1-8H3/b27-16-. The van der Waals surface area contributed by atoms with Crippen LogP contribution >= 0.6 is 0 Å². The van der Waals surface area contributed by atoms with Gasteiger partial charge in [0.25, 0.3) is 0 Å². The Morgan fingerprint density at radius 3 is 1.94 bits per heavy atom. The SMILES string of the molecule is COC(=O)C1=C(C)N(c2ccc(C)c(C)c2)/C(=C\c2cc(C)n(-c3ccc(C)c(C)c3)c2C)C1=O. The summed E-state index contributed by atoms with van der Waals surface area (Å²) in [7, 11) is 1.30. The molecule has 2 heterocycles. The highest BCUT2D eigenvalue weighted by atomic mass is 16.5. The first kappa shape index (κ1) is 24.3. The number of anilines is 1. The molecule has 4 rings (SSSR count). The molecule has 35 heavy (non-hydrogen) atoms. The lowest BCUT2D eigenvalue weighted by Gasteiger charge is -2.22. The Bertz CT molecular complexity index is 1440. The van der Waals surface area contributed by atoms with Gasteiger partial charge in [-0.1, -0.05) is 12.1 Å². The predicted molar refractivity (Wildman–Crippen MR) is 141 cm³/mol. The van der Waals surface area contributed by atoms with Crippen LogP contribution in [0.5, 0.6) is 0 Å². The van der Waals surface area contributed by atoms with E-state index in [0.717, 1.165) is 39.5 Å². The molecule has 0 aliphatic carbocycles. The van der Waals surface area contributed by atoms with Gasteiger partial charge in [0, 0.05) is 28.5 Å². The summed E-state index contributed by atoms with van der Waals surface area (Å²) in [6, 6.07) is 14.5. The molecule has 0 spiro atoms. The second kappa shape index (κ2) is 9.06. The first-order valence-electron chi connectivity index (χ1n) is 11.7. The molecular formula is C30H32N2O3. The molecule has 0 saturated heterocycles. The Balaban J connectivity index is 1.88. The van der Waals surface area contributed by atoms with Gasteiger partial charge in [0.2, 0.25) is 5.78 Å². The average molecular weight is 469 g/mol. The summed E-state index contributed by atoms with van der Waals surface area (Å²) in [5.74, 6) is -0.950. The number of aryl methyl sites for hydroxylation is 5. The van der Waals surface area contributed by atoms with Crippen LogP contribution in [-0.2, 0) is 14.3 Å². The largest absolute Gasteiger partial charge is 0.465 e. The van der Waals surface area contributed by atoms with Gasteiger partial charge >= 0.3 is 5.97 Å². The summed E-state index contributed by atoms with van der Waals surface area (Å²) in [5.41, 5.74) is 10.8. The van der Waals surface area contributed by atoms with Gasteiger partial charge in [-0.25, -0.2) is 4.79 Å². The van der Waals surface area contributed by atoms with Crippen molar-refractivity contribution >= 4 is 23.5 Å². The lowest BCUT2D eigenvalue weighted by Crippen LogP contribution is -2.18. The molecule has 180 valence electrons. The molecule has 0 atom stereocenters. The molecule has 0 fully saturated rings. The first-order valence-corrected chi connectivity index (χ1v) is 11.7. The van der Waals surface area contributed by atoms with Crippen LogP contribution in [0.3, 0.4) is 0 Å². The minimum absolute atomic E-state index is 0.0694. The van der Waals surface area contributed by atoms with Gasteiger partial charge < -0.3 is 14.2 Å². The Morgan fingerprint density at radius 2 is 1.37 bits per heavy atom. The molecule has 3 aromatic rings. The molecule has 1 aromatic heterocycles. The third-order valence-corrected chi connectivity index (χ3v) is 7.05. The van der Waals surface area contributed by atoms with Crippen LogP contribution in [-0.4, -0.2) is 23.4 Å². The Morgan fingerprint density at radius 1 is 0.800 bits per heavy atom. The fourth-order valence-corrected chi connectivity index (χ4v) is 4.70. The maximum Gasteiger partial charge on any atom is 0.343 e. The number of carbonyl (C=O) groups excluding carboxylic acids is 2. The number of ketones is 1. The van der Waals surface area contributed by atoms with Gasteiger partial charge in [-0.3, -0.25) is 4.79 Å². The highest BCUT2D eigenvalue weighted by molar-refractivity contribution is 6.30. The van der Waals surface area contributed by atoms with Crippen molar-refractivity contribution in [1.82, 2.24) is 4.57 Å². The molecule has 0 radical (unpaired) electrons. The van der Waals surface area contributed by atoms with Crippen molar-refractivity contribution in [2.24, 2.45) is 0 Å². The van der Waals surface area contributed by atoms with Gasteiger partial charge in [-0.2, -0.15) is 0 Å². The maximum absolute atomic E-state index is 13.5. The highest BCUT2D eigenvalue weighted by Gasteiger charge is 2.38. The zero-order valence-corrected chi connectivity index (χ0v) is 21.7. The summed E-state index contributed by atoms with van der Waals surface area (Å²) in [5, 5.41) is 0. The quantitative estimate of drug-likeness (QED) is 0.260. The van der Waals surface area contributed by atoms with Crippen LogP contribution in [0.1, 0.15) is 46.1 Å². The minimum Gasteiger partial charge on any atom is -0.465 e. The molecule has 0 amide bonds. The average Bonchev–Trinajstić information content (AvgIpc) is 3.23. The van der Waals surface area contributed by atoms with E-state index < -0.39 is 5.97 Å². The summed E-state index contributed by atoms with van der Waals surface area (Å²) in [4.78, 5) is 27.9. The second-order valence-electron chi connectivity index (χ2n) is 9.35. The predicted octanol–water partition coefficient (Wildman–Crippen LogP) is 6.21. The van der Waals surface area contributed by atoms with E-state index in [2.05, 4.69) is 63.5 Å². The summed E-state index contributed by atoms with van der Waals surface area (Å²) in [6.07, 6.45) is 1.89. The minimum atomic E-state index is -0.620. The van der Waals surface area contributed by atoms with Crippen LogP contribution in [0.4, 0.5) is 5.69 Å². The zero-order chi connectivity index (χ0) is 25.6. The fourth-order valence-electron chi connectivity index (χ4n) is 4.70. The van der Waals surface area contributed by atoms with Gasteiger partial charge in [-0.05, 0) is 113 Å². The molecular weight excluding hydrogens is 436 g/mol. The molecule has 5 heteroatoms. The van der Waals surface area contributed by atoms with E-state index in [0.29, 0.717) is 11.4 Å². The number of carbonyl (C=O) groups is 2. The van der Waals surface area contributed by atoms with Gasteiger partial charge in [0.05, 0.1) is 12.8 Å². The monoisotopic (exact) mass is 468 g/mol. The molecule has 0 bridgehead atoms. The van der Waals surface area contributed by atoms with Crippen molar-refractivity contribution in [3.05, 3.63) is 98.6 Å². The Hall–Kier alpha value is -3.86. The summed E-state index contributed by atoms with van der Waals surface area (Å²) >= 11 is 0. The lowest BCUT2D eigenvalue weighted by molar-refractivity contribution is -0.137. The van der Waals surface area contributed by atoms with Crippen LogP contribution in [0.15, 0.2) is 59.4 Å². The number of aromatic nitrogens is 1. The molecule has 1 aliphatic rings. The molecule has 0 N–H and O–H groups in total. The number of methoxy groups -OCH3 is 1. The van der Waals surface area contributed by atoms with Crippen molar-refractivity contribution in [1.29, 1.82) is 0 Å². The van der Waals surface area contributed by atoms with Crippen LogP contribution in [0.2, 0.25) is 0 Å². The third kappa shape index (κ3) is 4.12. The topological polar surface area (TPSA) is 51.5 Å². The number of hydrogen-bond acceptors (Lipinski definition) is 4. The normalized spacial score (nSPS) is 14.9. The van der Waals surface area contributed by atoms with Gasteiger partial charge in [0.15, 0.2) is 0 Å². The zero-order valence-electron chi connectivity index (χ0n) is 21.7. The van der Waals surface area contributed by atoms with Crippen molar-refractivity contribution in [3.63, 3.8) is 0 Å². The van der Waals surface area contributed by atoms with Gasteiger partial charge in [-0.15, -0.1) is 0 Å². The number of rotatable bonds is 4. The van der Waals surface area contributed by atoms with Gasteiger partial charge in [0.1, 0.15) is 5.57 Å². The number of allylic oxidation sites excluding steroid dienone is 2. The van der Waals surface area contributed by atoms with Crippen molar-refractivity contribution in [2.75, 3.05) is 12.0 Å². The summed E-state index contributed by atoms with van der Waals surface area (Å²) in [6.45, 7) is 14.2. The fraction of sp³-hybridized carbons (Fsp3) is 0.267. The maximum atomic E-state index is 13.5. The highest BCUT2D eigenvalue weighted by Crippen LogP contribution is 2.37. The number of esters is 1. The third-order valence-electron chi connectivity index (χ3n) is 7.05. The van der Waals surface area contributed by atoms with Crippen molar-refractivity contribution < 1.29 is 14.3 Å². The second-order valence-corrected chi connectivity index (χ2v) is 9.35. The van der Waals surface area contributed by atoms with Crippen LogP contribution < -0.4 is 4.90 Å². The number of Topliss-reactive ketones (excluding diaryl/α,β-unsaturated/α-hetero) is 1. The van der Waals surface area contributed by atoms with Crippen LogP contribution in [0, 0.1) is 41.5 Å². The molecule has 2 aromatic carbocycles. The number of nitrogens with zero attached hydrogens (tertiary/aromatic N) is 2. The number of benzene rings is 2. The van der Waals surface area contributed by atoms with E-state index in [1.165, 1.54) is 18.2 Å². The lowest BCUT2D eigenvalue weighted by atomic mass is 10.1. The first-order chi connectivity index (χ1) is 16.5. The van der Waals surface area contributed by atoms with E-state index >= 15 is 0 Å². The van der Waals surface area contributed by atoms with E-state index in [9.17, 15) is 9.59 Å². The van der Waals surface area contributed by atoms with Crippen molar-refractivity contribution in [2.45, 2.75) is 48.5 Å². The Kier molecular flexibility index (Phi) is 6.28. The molecule has 0 unspecified atom stereocenters.